The molecule has 142 valence electrons. The molecule has 1 saturated heterocycles. The van der Waals surface area contributed by atoms with Gasteiger partial charge in [0.1, 0.15) is 12.3 Å². The van der Waals surface area contributed by atoms with E-state index in [9.17, 15) is 14.4 Å². The Morgan fingerprint density at radius 2 is 2.12 bits per heavy atom. The van der Waals surface area contributed by atoms with E-state index >= 15 is 0 Å². The Morgan fingerprint density at radius 1 is 1.35 bits per heavy atom. The predicted octanol–water partition coefficient (Wildman–Crippen LogP) is 2.44. The monoisotopic (exact) mass is 376 g/mol. The average Bonchev–Trinajstić information content (AvgIpc) is 3.14. The highest BCUT2D eigenvalue weighted by Gasteiger charge is 2.33. The summed E-state index contributed by atoms with van der Waals surface area (Å²) in [5.41, 5.74) is 1.21. The van der Waals surface area contributed by atoms with Gasteiger partial charge in [-0.3, -0.25) is 9.59 Å². The minimum absolute atomic E-state index is 0.0952. The summed E-state index contributed by atoms with van der Waals surface area (Å²) in [6.07, 6.45) is 6.97. The van der Waals surface area contributed by atoms with Crippen molar-refractivity contribution in [1.29, 1.82) is 0 Å². The maximum absolute atomic E-state index is 12.8. The van der Waals surface area contributed by atoms with Crippen molar-refractivity contribution in [2.24, 2.45) is 0 Å². The molecular formula is C20H28N2O3S. The minimum atomic E-state index is -0.535. The molecule has 2 unspecified atom stereocenters. The van der Waals surface area contributed by atoms with Gasteiger partial charge in [0.2, 0.25) is 11.8 Å². The number of nitrogens with one attached hydrogen (secondary N) is 1. The van der Waals surface area contributed by atoms with Gasteiger partial charge in [-0.2, -0.15) is 11.8 Å². The van der Waals surface area contributed by atoms with E-state index in [4.69, 9.17) is 0 Å². The molecule has 1 aromatic carbocycles. The highest BCUT2D eigenvalue weighted by molar-refractivity contribution is 7.98. The molecule has 1 fully saturated rings. The topological polar surface area (TPSA) is 66.5 Å². The zero-order chi connectivity index (χ0) is 18.8. The molecule has 26 heavy (non-hydrogen) atoms. The van der Waals surface area contributed by atoms with E-state index in [0.29, 0.717) is 19.4 Å². The van der Waals surface area contributed by atoms with Crippen molar-refractivity contribution in [3.05, 3.63) is 35.9 Å². The molecule has 1 aromatic rings. The molecule has 0 bridgehead atoms. The van der Waals surface area contributed by atoms with Crippen LogP contribution in [-0.2, 0) is 20.8 Å². The molecule has 1 aliphatic heterocycles. The first kappa shape index (κ1) is 20.5. The predicted molar refractivity (Wildman–Crippen MR) is 105 cm³/mol. The van der Waals surface area contributed by atoms with Gasteiger partial charge < -0.3 is 15.0 Å². The van der Waals surface area contributed by atoms with Gasteiger partial charge in [0.05, 0.1) is 6.04 Å². The Labute approximate surface area is 159 Å². The summed E-state index contributed by atoms with van der Waals surface area (Å²) >= 11 is 1.65. The zero-order valence-corrected chi connectivity index (χ0v) is 16.2. The molecular weight excluding hydrogens is 348 g/mol. The second kappa shape index (κ2) is 11.0. The maximum atomic E-state index is 12.8. The number of hydrogen-bond donors (Lipinski definition) is 1. The van der Waals surface area contributed by atoms with E-state index in [0.717, 1.165) is 37.7 Å². The van der Waals surface area contributed by atoms with Gasteiger partial charge >= 0.3 is 0 Å². The summed E-state index contributed by atoms with van der Waals surface area (Å²) in [4.78, 5) is 37.9. The molecule has 1 N–H and O–H groups in total. The summed E-state index contributed by atoms with van der Waals surface area (Å²) in [5, 5.41) is 2.90. The molecule has 0 spiro atoms. The summed E-state index contributed by atoms with van der Waals surface area (Å²) in [5.74, 6) is 0.576. The zero-order valence-electron chi connectivity index (χ0n) is 15.4. The fraction of sp³-hybridized carbons (Fsp3) is 0.550. The van der Waals surface area contributed by atoms with E-state index in [2.05, 4.69) is 17.4 Å². The van der Waals surface area contributed by atoms with Gasteiger partial charge in [-0.1, -0.05) is 30.3 Å². The van der Waals surface area contributed by atoms with E-state index in [1.807, 2.05) is 24.5 Å². The third kappa shape index (κ3) is 6.16. The number of hydrogen-bond acceptors (Lipinski definition) is 4. The summed E-state index contributed by atoms with van der Waals surface area (Å²) in [6.45, 7) is 0.599. The SMILES string of the molecule is CSCCC(NC(=O)CCCc1ccccc1)C(=O)N1CCCC1C=O. The largest absolute Gasteiger partial charge is 0.344 e. The molecule has 6 heteroatoms. The quantitative estimate of drug-likeness (QED) is 0.637. The Kier molecular flexibility index (Phi) is 8.68. The number of nitrogens with zero attached hydrogens (tertiary/aromatic N) is 1. The molecule has 1 aliphatic rings. The van der Waals surface area contributed by atoms with Gasteiger partial charge in [-0.05, 0) is 49.7 Å². The number of amides is 2. The van der Waals surface area contributed by atoms with E-state index in [-0.39, 0.29) is 17.9 Å². The lowest BCUT2D eigenvalue weighted by molar-refractivity contribution is -0.138. The summed E-state index contributed by atoms with van der Waals surface area (Å²) in [6, 6.07) is 9.19. The van der Waals surface area contributed by atoms with Crippen molar-refractivity contribution in [3.63, 3.8) is 0 Å². The van der Waals surface area contributed by atoms with Crippen LogP contribution >= 0.6 is 11.8 Å². The molecule has 2 atom stereocenters. The maximum Gasteiger partial charge on any atom is 0.245 e. The van der Waals surface area contributed by atoms with Crippen LogP contribution in [0.4, 0.5) is 0 Å². The Hall–Kier alpha value is -1.82. The van der Waals surface area contributed by atoms with Gasteiger partial charge in [0.15, 0.2) is 0 Å². The van der Waals surface area contributed by atoms with Crippen LogP contribution in [0.5, 0.6) is 0 Å². The number of rotatable bonds is 10. The first-order valence-corrected chi connectivity index (χ1v) is 10.6. The summed E-state index contributed by atoms with van der Waals surface area (Å²) < 4.78 is 0. The van der Waals surface area contributed by atoms with Crippen molar-refractivity contribution < 1.29 is 14.4 Å². The second-order valence-corrected chi connectivity index (χ2v) is 7.60. The molecule has 0 aromatic heterocycles. The molecule has 5 nitrogen and oxygen atoms in total. The highest BCUT2D eigenvalue weighted by Crippen LogP contribution is 2.18. The molecule has 0 saturated carbocycles. The molecule has 2 amide bonds. The number of aryl methyl sites for hydroxylation is 1. The highest BCUT2D eigenvalue weighted by atomic mass is 32.2. The standard InChI is InChI=1S/C20H28N2O3S/c1-26-14-12-18(20(25)22-13-6-10-17(22)15-23)21-19(24)11-5-9-16-7-3-2-4-8-16/h2-4,7-8,15,17-18H,5-6,9-14H2,1H3,(H,21,24). The minimum Gasteiger partial charge on any atom is -0.344 e. The average molecular weight is 377 g/mol. The Morgan fingerprint density at radius 3 is 2.81 bits per heavy atom. The number of likely N-dealkylation sites (tertiary alicyclic amines) is 1. The van der Waals surface area contributed by atoms with E-state index in [1.54, 1.807) is 16.7 Å². The lowest BCUT2D eigenvalue weighted by Crippen LogP contribution is -2.50. The van der Waals surface area contributed by atoms with Crippen molar-refractivity contribution >= 4 is 29.9 Å². The number of aldehydes is 1. The van der Waals surface area contributed by atoms with Crippen LogP contribution in [0.25, 0.3) is 0 Å². The van der Waals surface area contributed by atoms with Gasteiger partial charge in [-0.25, -0.2) is 0 Å². The number of carbonyl (C=O) groups is 3. The van der Waals surface area contributed by atoms with Crippen LogP contribution in [0.3, 0.4) is 0 Å². The Balaban J connectivity index is 1.86. The van der Waals surface area contributed by atoms with Crippen molar-refractivity contribution in [2.45, 2.75) is 50.6 Å². The van der Waals surface area contributed by atoms with Crippen molar-refractivity contribution in [2.75, 3.05) is 18.6 Å². The smallest absolute Gasteiger partial charge is 0.245 e. The third-order valence-corrected chi connectivity index (χ3v) is 5.34. The molecule has 1 heterocycles. The number of thioether (sulfide) groups is 1. The van der Waals surface area contributed by atoms with Gasteiger partial charge in [0, 0.05) is 13.0 Å². The van der Waals surface area contributed by atoms with Crippen molar-refractivity contribution in [3.8, 4) is 0 Å². The van der Waals surface area contributed by atoms with E-state index < -0.39 is 6.04 Å². The lowest BCUT2D eigenvalue weighted by atomic mass is 10.1. The van der Waals surface area contributed by atoms with Gasteiger partial charge in [-0.15, -0.1) is 0 Å². The van der Waals surface area contributed by atoms with Crippen LogP contribution in [0.15, 0.2) is 30.3 Å². The summed E-state index contributed by atoms with van der Waals surface area (Å²) in [7, 11) is 0. The van der Waals surface area contributed by atoms with E-state index in [1.165, 1.54) is 5.56 Å². The molecule has 0 radical (unpaired) electrons. The molecule has 0 aliphatic carbocycles. The normalized spacial score (nSPS) is 17.7. The number of benzene rings is 1. The van der Waals surface area contributed by atoms with Crippen LogP contribution in [0.1, 0.15) is 37.7 Å². The third-order valence-electron chi connectivity index (χ3n) is 4.70. The fourth-order valence-electron chi connectivity index (χ4n) is 3.27. The Bertz CT molecular complexity index is 594. The van der Waals surface area contributed by atoms with Crippen LogP contribution in [-0.4, -0.2) is 53.6 Å². The van der Waals surface area contributed by atoms with Crippen molar-refractivity contribution in [1.82, 2.24) is 10.2 Å². The number of carbonyl (C=O) groups excluding carboxylic acids is 3. The second-order valence-electron chi connectivity index (χ2n) is 6.62. The van der Waals surface area contributed by atoms with Crippen LogP contribution < -0.4 is 5.32 Å². The fourth-order valence-corrected chi connectivity index (χ4v) is 3.74. The lowest BCUT2D eigenvalue weighted by Gasteiger charge is -2.26. The first-order valence-electron chi connectivity index (χ1n) is 9.23. The van der Waals surface area contributed by atoms with Gasteiger partial charge in [0.25, 0.3) is 0 Å². The van der Waals surface area contributed by atoms with Crippen LogP contribution in [0, 0.1) is 0 Å². The van der Waals surface area contributed by atoms with Crippen LogP contribution in [0.2, 0.25) is 0 Å². The molecule has 2 rings (SSSR count). The first-order chi connectivity index (χ1) is 12.7.